The largest absolute Gasteiger partial charge is 0.396 e. The van der Waals surface area contributed by atoms with Gasteiger partial charge in [0, 0.05) is 18.4 Å². The molecule has 1 aromatic heterocycles. The molecule has 1 aromatic rings. The van der Waals surface area contributed by atoms with Crippen LogP contribution in [0, 0.1) is 23.0 Å². The predicted molar refractivity (Wildman–Crippen MR) is 62.6 cm³/mol. The average Bonchev–Trinajstić information content (AvgIpc) is 2.26. The van der Waals surface area contributed by atoms with Crippen molar-refractivity contribution in [3.8, 4) is 0 Å². The second-order valence-corrected chi connectivity index (χ2v) is 4.68. The molecule has 0 spiro atoms. The van der Waals surface area contributed by atoms with Gasteiger partial charge in [-0.25, -0.2) is 4.98 Å². The summed E-state index contributed by atoms with van der Waals surface area (Å²) in [5, 5.41) is 20.2. The predicted octanol–water partition coefficient (Wildman–Crippen LogP) is 2.02. The minimum Gasteiger partial charge on any atom is -0.396 e. The van der Waals surface area contributed by atoms with E-state index in [-0.39, 0.29) is 18.2 Å². The molecule has 0 radical (unpaired) electrons. The summed E-state index contributed by atoms with van der Waals surface area (Å²) in [6, 6.07) is 1.51. The topological polar surface area (TPSA) is 76.3 Å². The molecule has 0 amide bonds. The normalized spacial score (nSPS) is 12.4. The van der Waals surface area contributed by atoms with E-state index in [4.69, 9.17) is 5.11 Å². The number of rotatable bonds is 5. The second kappa shape index (κ2) is 5.81. The van der Waals surface area contributed by atoms with Crippen molar-refractivity contribution < 1.29 is 10.0 Å². The number of aliphatic hydroxyl groups excluding tert-OH is 1. The maximum Gasteiger partial charge on any atom is 0.287 e. The molecule has 1 atom stereocenters. The first kappa shape index (κ1) is 12.9. The Morgan fingerprint density at radius 3 is 2.88 bits per heavy atom. The lowest BCUT2D eigenvalue weighted by Gasteiger charge is -2.07. The van der Waals surface area contributed by atoms with Crippen LogP contribution in [0.4, 0.5) is 5.69 Å². The van der Waals surface area contributed by atoms with Crippen LogP contribution in [0.15, 0.2) is 17.3 Å². The maximum absolute atomic E-state index is 10.5. The molecule has 0 bridgehead atoms. The Labute approximate surface area is 98.0 Å². The number of hydrogen-bond donors (Lipinski definition) is 1. The molecule has 0 aliphatic rings. The van der Waals surface area contributed by atoms with Crippen LogP contribution in [0.5, 0.6) is 0 Å². The Bertz CT molecular complexity index is 384. The third kappa shape index (κ3) is 3.46. The fraction of sp³-hybridized carbons (Fsp3) is 0.500. The van der Waals surface area contributed by atoms with E-state index in [2.05, 4.69) is 4.98 Å². The van der Waals surface area contributed by atoms with Crippen molar-refractivity contribution in [3.63, 3.8) is 0 Å². The van der Waals surface area contributed by atoms with Gasteiger partial charge in [0.1, 0.15) is 6.20 Å². The molecule has 1 heterocycles. The van der Waals surface area contributed by atoms with Crippen LogP contribution in [0.2, 0.25) is 0 Å². The van der Waals surface area contributed by atoms with E-state index in [1.54, 1.807) is 6.92 Å². The van der Waals surface area contributed by atoms with E-state index in [9.17, 15) is 10.1 Å². The fourth-order valence-electron chi connectivity index (χ4n) is 1.07. The molecule has 0 aliphatic heterocycles. The molecule has 0 saturated carbocycles. The quantitative estimate of drug-likeness (QED) is 0.485. The zero-order chi connectivity index (χ0) is 12.1. The van der Waals surface area contributed by atoms with Gasteiger partial charge in [0.15, 0.2) is 0 Å². The van der Waals surface area contributed by atoms with Crippen molar-refractivity contribution in [1.29, 1.82) is 0 Å². The van der Waals surface area contributed by atoms with Crippen molar-refractivity contribution in [2.75, 3.05) is 12.4 Å². The number of nitro groups is 1. The molecule has 6 heteroatoms. The van der Waals surface area contributed by atoms with Gasteiger partial charge in [-0.05, 0) is 18.4 Å². The number of aromatic nitrogens is 1. The van der Waals surface area contributed by atoms with Gasteiger partial charge < -0.3 is 5.11 Å². The number of thioether (sulfide) groups is 1. The van der Waals surface area contributed by atoms with Crippen molar-refractivity contribution >= 4 is 17.4 Å². The molecule has 88 valence electrons. The summed E-state index contributed by atoms with van der Waals surface area (Å²) in [5.74, 6) is 0.948. The molecule has 1 rings (SSSR count). The van der Waals surface area contributed by atoms with Crippen molar-refractivity contribution in [2.24, 2.45) is 5.92 Å². The fourth-order valence-corrected chi connectivity index (χ4v) is 2.03. The zero-order valence-corrected chi connectivity index (χ0v) is 10.0. The molecular weight excluding hydrogens is 228 g/mol. The van der Waals surface area contributed by atoms with E-state index >= 15 is 0 Å². The number of aryl methyl sites for hydroxylation is 1. The van der Waals surface area contributed by atoms with Gasteiger partial charge in [-0.15, -0.1) is 11.8 Å². The number of nitrogens with zero attached hydrogens (tertiary/aromatic N) is 2. The van der Waals surface area contributed by atoms with Crippen LogP contribution in [0.3, 0.4) is 0 Å². The van der Waals surface area contributed by atoms with Gasteiger partial charge in [0.25, 0.3) is 5.69 Å². The summed E-state index contributed by atoms with van der Waals surface area (Å²) in [6.07, 6.45) is 1.26. The van der Waals surface area contributed by atoms with Gasteiger partial charge in [0.2, 0.25) is 0 Å². The van der Waals surface area contributed by atoms with Crippen LogP contribution < -0.4 is 0 Å². The molecule has 0 aliphatic carbocycles. The van der Waals surface area contributed by atoms with Crippen LogP contribution in [0.25, 0.3) is 0 Å². The lowest BCUT2D eigenvalue weighted by atomic mass is 10.2. The first-order valence-corrected chi connectivity index (χ1v) is 5.88. The Balaban J connectivity index is 2.72. The number of pyridine rings is 1. The van der Waals surface area contributed by atoms with Crippen molar-refractivity contribution in [3.05, 3.63) is 27.9 Å². The Hall–Kier alpha value is -1.14. The van der Waals surface area contributed by atoms with E-state index in [1.165, 1.54) is 24.0 Å². The van der Waals surface area contributed by atoms with Gasteiger partial charge in [0.05, 0.1) is 9.95 Å². The summed E-state index contributed by atoms with van der Waals surface area (Å²) in [5.41, 5.74) is 0.807. The third-order valence-electron chi connectivity index (χ3n) is 2.04. The van der Waals surface area contributed by atoms with E-state index in [1.807, 2.05) is 6.92 Å². The Kier molecular flexibility index (Phi) is 4.70. The van der Waals surface area contributed by atoms with Crippen LogP contribution >= 0.6 is 11.8 Å². The highest BCUT2D eigenvalue weighted by atomic mass is 32.2. The van der Waals surface area contributed by atoms with Crippen LogP contribution in [-0.4, -0.2) is 27.4 Å². The molecule has 1 N–H and O–H groups in total. The molecular formula is C10H14N2O3S. The van der Waals surface area contributed by atoms with Gasteiger partial charge >= 0.3 is 0 Å². The lowest BCUT2D eigenvalue weighted by molar-refractivity contribution is -0.385. The van der Waals surface area contributed by atoms with Gasteiger partial charge in [-0.1, -0.05) is 6.92 Å². The molecule has 0 saturated heterocycles. The third-order valence-corrected chi connectivity index (χ3v) is 3.48. The second-order valence-electron chi connectivity index (χ2n) is 3.67. The molecule has 16 heavy (non-hydrogen) atoms. The Morgan fingerprint density at radius 1 is 1.69 bits per heavy atom. The summed E-state index contributed by atoms with van der Waals surface area (Å²) in [6.45, 7) is 3.87. The minimum absolute atomic E-state index is 0.0112. The monoisotopic (exact) mass is 242 g/mol. The van der Waals surface area contributed by atoms with Crippen molar-refractivity contribution in [2.45, 2.75) is 18.9 Å². The molecule has 0 aromatic carbocycles. The number of aliphatic hydroxyl groups is 1. The molecule has 0 fully saturated rings. The SMILES string of the molecule is Cc1cc([N+](=O)[O-])cnc1SCC(C)CO. The van der Waals surface area contributed by atoms with Crippen LogP contribution in [-0.2, 0) is 0 Å². The van der Waals surface area contributed by atoms with Gasteiger partial charge in [-0.2, -0.15) is 0 Å². The van der Waals surface area contributed by atoms with E-state index in [0.29, 0.717) is 0 Å². The highest BCUT2D eigenvalue weighted by Crippen LogP contribution is 2.24. The van der Waals surface area contributed by atoms with E-state index in [0.717, 1.165) is 16.3 Å². The first-order valence-electron chi connectivity index (χ1n) is 4.89. The lowest BCUT2D eigenvalue weighted by Crippen LogP contribution is -2.04. The van der Waals surface area contributed by atoms with E-state index < -0.39 is 4.92 Å². The molecule has 1 unspecified atom stereocenters. The summed E-state index contributed by atoms with van der Waals surface area (Å²) >= 11 is 1.51. The number of hydrogen-bond acceptors (Lipinski definition) is 5. The summed E-state index contributed by atoms with van der Waals surface area (Å²) in [4.78, 5) is 14.1. The first-order chi connectivity index (χ1) is 7.54. The highest BCUT2D eigenvalue weighted by molar-refractivity contribution is 7.99. The average molecular weight is 242 g/mol. The summed E-state index contributed by atoms with van der Waals surface area (Å²) < 4.78 is 0. The smallest absolute Gasteiger partial charge is 0.287 e. The minimum atomic E-state index is -0.454. The maximum atomic E-state index is 10.5. The van der Waals surface area contributed by atoms with Gasteiger partial charge in [-0.3, -0.25) is 10.1 Å². The Morgan fingerprint density at radius 2 is 2.38 bits per heavy atom. The molecule has 5 nitrogen and oxygen atoms in total. The van der Waals surface area contributed by atoms with Crippen molar-refractivity contribution in [1.82, 2.24) is 4.98 Å². The zero-order valence-electron chi connectivity index (χ0n) is 9.21. The highest BCUT2D eigenvalue weighted by Gasteiger charge is 2.10. The standard InChI is InChI=1S/C10H14N2O3S/c1-7(5-13)6-16-10-8(2)3-9(4-11-10)12(14)15/h3-4,7,13H,5-6H2,1-2H3. The summed E-state index contributed by atoms with van der Waals surface area (Å²) in [7, 11) is 0. The van der Waals surface area contributed by atoms with Crippen LogP contribution in [0.1, 0.15) is 12.5 Å².